The number of likely N-dealkylation sites (N-methyl/N-ethyl adjacent to an activating group) is 1. The number of carbonyl (C=O) groups is 2. The highest BCUT2D eigenvalue weighted by Crippen LogP contribution is 2.39. The highest BCUT2D eigenvalue weighted by atomic mass is 35.5. The van der Waals surface area contributed by atoms with Gasteiger partial charge in [0.25, 0.3) is 11.7 Å². The molecule has 1 aliphatic rings. The van der Waals surface area contributed by atoms with Gasteiger partial charge in [0.2, 0.25) is 0 Å². The largest absolute Gasteiger partial charge is 0.507 e. The molecular weight excluding hydrogens is 440 g/mol. The molecule has 0 saturated carbocycles. The molecular formula is C26H31ClN2O4. The molecule has 2 aromatic rings. The Labute approximate surface area is 200 Å². The normalized spacial score (nSPS) is 17.9. The van der Waals surface area contributed by atoms with Gasteiger partial charge in [-0.2, -0.15) is 0 Å². The molecule has 3 rings (SSSR count). The average Bonchev–Trinajstić information content (AvgIpc) is 3.05. The van der Waals surface area contributed by atoms with Crippen LogP contribution in [0.4, 0.5) is 0 Å². The van der Waals surface area contributed by atoms with Gasteiger partial charge < -0.3 is 19.6 Å². The van der Waals surface area contributed by atoms with Crippen molar-refractivity contribution in [2.24, 2.45) is 0 Å². The molecule has 1 amide bonds. The highest BCUT2D eigenvalue weighted by molar-refractivity contribution is 6.46. The van der Waals surface area contributed by atoms with E-state index in [9.17, 15) is 14.7 Å². The van der Waals surface area contributed by atoms with Crippen molar-refractivity contribution in [3.05, 3.63) is 70.3 Å². The van der Waals surface area contributed by atoms with Crippen molar-refractivity contribution in [1.82, 2.24) is 9.80 Å². The number of aliphatic hydroxyl groups is 1. The molecule has 0 aliphatic carbocycles. The summed E-state index contributed by atoms with van der Waals surface area (Å²) in [5.74, 6) is -0.797. The van der Waals surface area contributed by atoms with Crippen molar-refractivity contribution in [3.63, 3.8) is 0 Å². The van der Waals surface area contributed by atoms with Gasteiger partial charge >= 0.3 is 0 Å². The Morgan fingerprint density at radius 1 is 1.06 bits per heavy atom. The van der Waals surface area contributed by atoms with E-state index >= 15 is 0 Å². The van der Waals surface area contributed by atoms with Gasteiger partial charge in [-0.25, -0.2) is 0 Å². The quantitative estimate of drug-likeness (QED) is 0.321. The van der Waals surface area contributed by atoms with Gasteiger partial charge in [-0.3, -0.25) is 9.59 Å². The molecule has 0 radical (unpaired) electrons. The summed E-state index contributed by atoms with van der Waals surface area (Å²) in [6.07, 6.45) is 0.0282. The van der Waals surface area contributed by atoms with Gasteiger partial charge in [0.15, 0.2) is 0 Å². The van der Waals surface area contributed by atoms with Crippen molar-refractivity contribution in [1.29, 1.82) is 0 Å². The monoisotopic (exact) mass is 470 g/mol. The number of halogens is 1. The Hall–Kier alpha value is -2.83. The Morgan fingerprint density at radius 2 is 1.67 bits per heavy atom. The lowest BCUT2D eigenvalue weighted by atomic mass is 9.95. The zero-order chi connectivity index (χ0) is 24.1. The number of nitrogens with zero attached hydrogens (tertiary/aromatic N) is 2. The Bertz CT molecular complexity index is 1010. The van der Waals surface area contributed by atoms with Crippen molar-refractivity contribution in [3.8, 4) is 5.75 Å². The molecule has 1 aliphatic heterocycles. The minimum absolute atomic E-state index is 0.0282. The third-order valence-electron chi connectivity index (χ3n) is 5.78. The number of likely N-dealkylation sites (tertiary alicyclic amines) is 1. The number of carbonyl (C=O) groups excluding carboxylic acids is 2. The van der Waals surface area contributed by atoms with E-state index in [0.717, 1.165) is 18.7 Å². The molecule has 1 fully saturated rings. The number of aliphatic hydroxyl groups excluding tert-OH is 1. The maximum Gasteiger partial charge on any atom is 0.295 e. The number of ether oxygens (including phenoxy) is 1. The maximum atomic E-state index is 13.1. The molecule has 33 heavy (non-hydrogen) atoms. The summed E-state index contributed by atoms with van der Waals surface area (Å²) in [5, 5.41) is 11.6. The van der Waals surface area contributed by atoms with Gasteiger partial charge in [-0.1, -0.05) is 37.6 Å². The Morgan fingerprint density at radius 3 is 2.21 bits per heavy atom. The topological polar surface area (TPSA) is 70.1 Å². The third-order valence-corrected chi connectivity index (χ3v) is 6.03. The second kappa shape index (κ2) is 10.9. The molecule has 0 spiro atoms. The summed E-state index contributed by atoms with van der Waals surface area (Å²) in [6, 6.07) is 13.2. The van der Waals surface area contributed by atoms with Crippen LogP contribution in [-0.4, -0.2) is 58.9 Å². The van der Waals surface area contributed by atoms with E-state index in [1.165, 1.54) is 0 Å². The SMILES string of the molecule is CCN(CC)CCN1C(=O)C(=O)/C(=C(/O)c2ccc(Cl)cc2)[C@H]1c1ccc(OC(C)C)cc1. The van der Waals surface area contributed by atoms with E-state index in [1.54, 1.807) is 29.2 Å². The highest BCUT2D eigenvalue weighted by Gasteiger charge is 2.45. The van der Waals surface area contributed by atoms with Crippen LogP contribution in [0.25, 0.3) is 5.76 Å². The predicted octanol–water partition coefficient (Wildman–Crippen LogP) is 4.89. The molecule has 6 nitrogen and oxygen atoms in total. The minimum Gasteiger partial charge on any atom is -0.507 e. The average molecular weight is 471 g/mol. The van der Waals surface area contributed by atoms with E-state index in [0.29, 0.717) is 29.4 Å². The van der Waals surface area contributed by atoms with Crippen molar-refractivity contribution in [2.45, 2.75) is 39.8 Å². The standard InChI is InChI=1S/C26H31ClN2O4/c1-5-28(6-2)15-16-29-23(18-9-13-21(14-10-18)33-17(3)4)22(25(31)26(29)32)24(30)19-7-11-20(27)12-8-19/h7-14,17,23,30H,5-6,15-16H2,1-4H3/b24-22+/t23-/m1/s1. The van der Waals surface area contributed by atoms with Crippen LogP contribution < -0.4 is 4.74 Å². The first-order chi connectivity index (χ1) is 15.8. The summed E-state index contributed by atoms with van der Waals surface area (Å²) in [6.45, 7) is 10.7. The molecule has 7 heteroatoms. The first-order valence-electron chi connectivity index (χ1n) is 11.3. The Balaban J connectivity index is 2.06. The molecule has 0 aromatic heterocycles. The van der Waals surface area contributed by atoms with Crippen molar-refractivity contribution >= 4 is 29.1 Å². The lowest BCUT2D eigenvalue weighted by molar-refractivity contribution is -0.140. The molecule has 1 saturated heterocycles. The number of hydrogen-bond donors (Lipinski definition) is 1. The van der Waals surface area contributed by atoms with Crippen LogP contribution in [0.2, 0.25) is 5.02 Å². The zero-order valence-corrected chi connectivity index (χ0v) is 20.3. The van der Waals surface area contributed by atoms with E-state index in [-0.39, 0.29) is 17.4 Å². The predicted molar refractivity (Wildman–Crippen MR) is 130 cm³/mol. The Kier molecular flexibility index (Phi) is 8.16. The van der Waals surface area contributed by atoms with Crippen LogP contribution in [-0.2, 0) is 9.59 Å². The van der Waals surface area contributed by atoms with Gasteiger partial charge in [0, 0.05) is 23.7 Å². The smallest absolute Gasteiger partial charge is 0.295 e. The molecule has 1 atom stereocenters. The van der Waals surface area contributed by atoms with Crippen LogP contribution in [0.3, 0.4) is 0 Å². The molecule has 176 valence electrons. The second-order valence-corrected chi connectivity index (χ2v) is 8.70. The first kappa shape index (κ1) is 24.8. The fourth-order valence-corrected chi connectivity index (χ4v) is 4.14. The van der Waals surface area contributed by atoms with E-state index < -0.39 is 17.7 Å². The minimum atomic E-state index is -0.690. The second-order valence-electron chi connectivity index (χ2n) is 8.26. The summed E-state index contributed by atoms with van der Waals surface area (Å²) in [7, 11) is 0. The maximum absolute atomic E-state index is 13.1. The van der Waals surface area contributed by atoms with Gasteiger partial charge in [-0.05, 0) is 68.9 Å². The molecule has 1 N–H and O–H groups in total. The van der Waals surface area contributed by atoms with Crippen LogP contribution in [0.1, 0.15) is 44.9 Å². The van der Waals surface area contributed by atoms with Crippen LogP contribution in [0, 0.1) is 0 Å². The van der Waals surface area contributed by atoms with E-state index in [4.69, 9.17) is 16.3 Å². The van der Waals surface area contributed by atoms with E-state index in [2.05, 4.69) is 18.7 Å². The summed E-state index contributed by atoms with van der Waals surface area (Å²) in [4.78, 5) is 29.9. The van der Waals surface area contributed by atoms with Crippen molar-refractivity contribution < 1.29 is 19.4 Å². The summed E-state index contributed by atoms with van der Waals surface area (Å²) in [5.41, 5.74) is 1.26. The molecule has 0 bridgehead atoms. The third kappa shape index (κ3) is 5.57. The lowest BCUT2D eigenvalue weighted by Gasteiger charge is -2.28. The van der Waals surface area contributed by atoms with Gasteiger partial charge in [0.1, 0.15) is 11.5 Å². The summed E-state index contributed by atoms with van der Waals surface area (Å²) >= 11 is 5.98. The fourth-order valence-electron chi connectivity index (χ4n) is 4.01. The number of amides is 1. The fraction of sp³-hybridized carbons (Fsp3) is 0.385. The molecule has 2 aromatic carbocycles. The first-order valence-corrected chi connectivity index (χ1v) is 11.7. The lowest BCUT2D eigenvalue weighted by Crippen LogP contribution is -2.38. The van der Waals surface area contributed by atoms with Crippen molar-refractivity contribution in [2.75, 3.05) is 26.2 Å². The number of Topliss-reactive ketones (excluding diaryl/α,β-unsaturated/α-hetero) is 1. The molecule has 0 unspecified atom stereocenters. The van der Waals surface area contributed by atoms with Gasteiger partial charge in [-0.15, -0.1) is 0 Å². The molecule has 1 heterocycles. The number of benzene rings is 2. The number of hydrogen-bond acceptors (Lipinski definition) is 5. The summed E-state index contributed by atoms with van der Waals surface area (Å²) < 4.78 is 5.74. The number of rotatable bonds is 9. The number of ketones is 1. The van der Waals surface area contributed by atoms with Crippen LogP contribution >= 0.6 is 11.6 Å². The van der Waals surface area contributed by atoms with Gasteiger partial charge in [0.05, 0.1) is 17.7 Å². The zero-order valence-electron chi connectivity index (χ0n) is 19.5. The van der Waals surface area contributed by atoms with Crippen LogP contribution in [0.15, 0.2) is 54.1 Å². The van der Waals surface area contributed by atoms with Crippen LogP contribution in [0.5, 0.6) is 5.75 Å². The van der Waals surface area contributed by atoms with E-state index in [1.807, 2.05) is 38.1 Å².